The Morgan fingerprint density at radius 3 is 2.65 bits per heavy atom. The third-order valence-electron chi connectivity index (χ3n) is 3.76. The van der Waals surface area contributed by atoms with E-state index in [0.717, 1.165) is 51.4 Å². The van der Waals surface area contributed by atoms with Gasteiger partial charge in [-0.3, -0.25) is 9.80 Å². The van der Waals surface area contributed by atoms with Crippen LogP contribution in [-0.2, 0) is 6.54 Å². The molecule has 1 aliphatic heterocycles. The fourth-order valence-electron chi connectivity index (χ4n) is 2.72. The molecule has 4 nitrogen and oxygen atoms in total. The summed E-state index contributed by atoms with van der Waals surface area (Å²) >= 11 is 0. The molecule has 2 rings (SSSR count). The Morgan fingerprint density at radius 1 is 1.10 bits per heavy atom. The SMILES string of the molecule is CCOc1ccccc1CN1CCCN(CCO)CC1. The highest BCUT2D eigenvalue weighted by atomic mass is 16.5. The zero-order valence-corrected chi connectivity index (χ0v) is 12.4. The number of ether oxygens (including phenoxy) is 1. The molecule has 1 aromatic carbocycles. The highest BCUT2D eigenvalue weighted by Crippen LogP contribution is 2.20. The van der Waals surface area contributed by atoms with Crippen LogP contribution in [0.1, 0.15) is 18.9 Å². The van der Waals surface area contributed by atoms with E-state index >= 15 is 0 Å². The Hall–Kier alpha value is -1.10. The van der Waals surface area contributed by atoms with Crippen LogP contribution >= 0.6 is 0 Å². The smallest absolute Gasteiger partial charge is 0.123 e. The van der Waals surface area contributed by atoms with E-state index in [1.165, 1.54) is 5.56 Å². The Kier molecular flexibility index (Phi) is 6.30. The fraction of sp³-hybridized carbons (Fsp3) is 0.625. The molecule has 20 heavy (non-hydrogen) atoms. The van der Waals surface area contributed by atoms with Gasteiger partial charge in [0.15, 0.2) is 0 Å². The van der Waals surface area contributed by atoms with E-state index in [-0.39, 0.29) is 6.61 Å². The van der Waals surface area contributed by atoms with Crippen LogP contribution in [0.2, 0.25) is 0 Å². The molecule has 0 spiro atoms. The van der Waals surface area contributed by atoms with Crippen LogP contribution in [0.15, 0.2) is 24.3 Å². The number of aliphatic hydroxyl groups is 1. The molecule has 0 unspecified atom stereocenters. The quantitative estimate of drug-likeness (QED) is 0.857. The monoisotopic (exact) mass is 278 g/mol. The molecule has 0 saturated carbocycles. The van der Waals surface area contributed by atoms with Crippen LogP contribution < -0.4 is 4.74 Å². The standard InChI is InChI=1S/C16H26N2O2/c1-2-20-16-7-4-3-6-15(16)14-18-9-5-8-17(10-11-18)12-13-19/h3-4,6-7,19H,2,5,8-14H2,1H3. The van der Waals surface area contributed by atoms with Crippen molar-refractivity contribution >= 4 is 0 Å². The molecule has 0 aromatic heterocycles. The van der Waals surface area contributed by atoms with E-state index in [1.807, 2.05) is 13.0 Å². The minimum Gasteiger partial charge on any atom is -0.494 e. The predicted octanol–water partition coefficient (Wildman–Crippen LogP) is 1.59. The van der Waals surface area contributed by atoms with Gasteiger partial charge in [0, 0.05) is 31.7 Å². The lowest BCUT2D eigenvalue weighted by atomic mass is 10.2. The van der Waals surface area contributed by atoms with Gasteiger partial charge in [-0.25, -0.2) is 0 Å². The maximum atomic E-state index is 9.04. The Bertz CT molecular complexity index is 398. The van der Waals surface area contributed by atoms with Crippen molar-refractivity contribution in [3.63, 3.8) is 0 Å². The summed E-state index contributed by atoms with van der Waals surface area (Å²) in [5.74, 6) is 1.01. The van der Waals surface area contributed by atoms with Crippen molar-refractivity contribution in [2.75, 3.05) is 45.9 Å². The molecule has 0 radical (unpaired) electrons. The van der Waals surface area contributed by atoms with Gasteiger partial charge in [0.05, 0.1) is 13.2 Å². The van der Waals surface area contributed by atoms with E-state index in [2.05, 4.69) is 28.0 Å². The molecule has 4 heteroatoms. The number of hydrogen-bond donors (Lipinski definition) is 1. The normalized spacial score (nSPS) is 17.9. The summed E-state index contributed by atoms with van der Waals surface area (Å²) in [6.45, 7) is 9.03. The summed E-state index contributed by atoms with van der Waals surface area (Å²) < 4.78 is 5.70. The summed E-state index contributed by atoms with van der Waals surface area (Å²) in [6, 6.07) is 8.31. The maximum Gasteiger partial charge on any atom is 0.123 e. The summed E-state index contributed by atoms with van der Waals surface area (Å²) in [4.78, 5) is 4.82. The predicted molar refractivity (Wildman–Crippen MR) is 81.0 cm³/mol. The number of nitrogens with zero attached hydrogens (tertiary/aromatic N) is 2. The first-order valence-corrected chi connectivity index (χ1v) is 7.59. The molecular weight excluding hydrogens is 252 g/mol. The van der Waals surface area contributed by atoms with Crippen molar-refractivity contribution in [3.05, 3.63) is 29.8 Å². The molecular formula is C16H26N2O2. The second-order valence-corrected chi connectivity index (χ2v) is 5.24. The number of aliphatic hydroxyl groups excluding tert-OH is 1. The first-order chi connectivity index (χ1) is 9.83. The largest absolute Gasteiger partial charge is 0.494 e. The molecule has 1 fully saturated rings. The minimum absolute atomic E-state index is 0.257. The number of hydrogen-bond acceptors (Lipinski definition) is 4. The lowest BCUT2D eigenvalue weighted by molar-refractivity contribution is 0.195. The Balaban J connectivity index is 1.93. The summed E-state index contributed by atoms with van der Waals surface area (Å²) in [7, 11) is 0. The van der Waals surface area contributed by atoms with Crippen molar-refractivity contribution < 1.29 is 9.84 Å². The fourth-order valence-corrected chi connectivity index (χ4v) is 2.72. The highest BCUT2D eigenvalue weighted by molar-refractivity contribution is 5.33. The van der Waals surface area contributed by atoms with Gasteiger partial charge in [-0.15, -0.1) is 0 Å². The minimum atomic E-state index is 0.257. The molecule has 1 heterocycles. The van der Waals surface area contributed by atoms with Crippen LogP contribution in [0, 0.1) is 0 Å². The highest BCUT2D eigenvalue weighted by Gasteiger charge is 2.15. The number of rotatable bonds is 6. The zero-order chi connectivity index (χ0) is 14.2. The van der Waals surface area contributed by atoms with E-state index in [9.17, 15) is 0 Å². The molecule has 1 aromatic rings. The lowest BCUT2D eigenvalue weighted by Crippen LogP contribution is -2.32. The molecule has 0 amide bonds. The number of benzene rings is 1. The Labute approximate surface area is 122 Å². The summed E-state index contributed by atoms with van der Waals surface area (Å²) in [5.41, 5.74) is 1.27. The third kappa shape index (κ3) is 4.47. The van der Waals surface area contributed by atoms with Crippen molar-refractivity contribution in [1.82, 2.24) is 9.80 Å². The van der Waals surface area contributed by atoms with Crippen molar-refractivity contribution in [1.29, 1.82) is 0 Å². The topological polar surface area (TPSA) is 35.9 Å². The van der Waals surface area contributed by atoms with E-state index in [0.29, 0.717) is 6.61 Å². The summed E-state index contributed by atoms with van der Waals surface area (Å²) in [5, 5.41) is 9.04. The average Bonchev–Trinajstić information content (AvgIpc) is 2.68. The van der Waals surface area contributed by atoms with Gasteiger partial charge >= 0.3 is 0 Å². The van der Waals surface area contributed by atoms with Gasteiger partial charge in [0.1, 0.15) is 5.75 Å². The summed E-state index contributed by atoms with van der Waals surface area (Å²) in [6.07, 6.45) is 1.16. The van der Waals surface area contributed by atoms with Crippen LogP contribution in [-0.4, -0.2) is 60.8 Å². The first-order valence-electron chi connectivity index (χ1n) is 7.59. The molecule has 0 bridgehead atoms. The maximum absolute atomic E-state index is 9.04. The van der Waals surface area contributed by atoms with Gasteiger partial charge in [-0.2, -0.15) is 0 Å². The second kappa shape index (κ2) is 8.25. The second-order valence-electron chi connectivity index (χ2n) is 5.24. The van der Waals surface area contributed by atoms with E-state index in [1.54, 1.807) is 0 Å². The van der Waals surface area contributed by atoms with E-state index in [4.69, 9.17) is 9.84 Å². The van der Waals surface area contributed by atoms with Crippen molar-refractivity contribution in [2.24, 2.45) is 0 Å². The van der Waals surface area contributed by atoms with Gasteiger partial charge in [-0.05, 0) is 32.5 Å². The lowest BCUT2D eigenvalue weighted by Gasteiger charge is -2.22. The van der Waals surface area contributed by atoms with Gasteiger partial charge in [0.2, 0.25) is 0 Å². The van der Waals surface area contributed by atoms with Crippen LogP contribution in [0.5, 0.6) is 5.75 Å². The van der Waals surface area contributed by atoms with Crippen molar-refractivity contribution in [3.8, 4) is 5.75 Å². The van der Waals surface area contributed by atoms with Crippen LogP contribution in [0.25, 0.3) is 0 Å². The van der Waals surface area contributed by atoms with Gasteiger partial charge in [-0.1, -0.05) is 18.2 Å². The molecule has 1 N–H and O–H groups in total. The van der Waals surface area contributed by atoms with Gasteiger partial charge in [0.25, 0.3) is 0 Å². The molecule has 0 aliphatic carbocycles. The first kappa shape index (κ1) is 15.3. The van der Waals surface area contributed by atoms with Gasteiger partial charge < -0.3 is 9.84 Å². The van der Waals surface area contributed by atoms with Crippen molar-refractivity contribution in [2.45, 2.75) is 19.9 Å². The van der Waals surface area contributed by atoms with Crippen LogP contribution in [0.4, 0.5) is 0 Å². The average molecular weight is 278 g/mol. The molecule has 1 saturated heterocycles. The zero-order valence-electron chi connectivity index (χ0n) is 12.4. The molecule has 0 atom stereocenters. The molecule has 1 aliphatic rings. The van der Waals surface area contributed by atoms with E-state index < -0.39 is 0 Å². The number of β-amino-alcohol motifs (C(OH)–C–C–N with tert-alkyl or cyclic N) is 1. The molecule has 112 valence electrons. The Morgan fingerprint density at radius 2 is 1.85 bits per heavy atom. The van der Waals surface area contributed by atoms with Crippen LogP contribution in [0.3, 0.4) is 0 Å². The number of para-hydroxylation sites is 1. The third-order valence-corrected chi connectivity index (χ3v) is 3.76.